The highest BCUT2D eigenvalue weighted by atomic mass is 16.5. The molecule has 0 aliphatic heterocycles. The summed E-state index contributed by atoms with van der Waals surface area (Å²) >= 11 is 0. The normalized spacial score (nSPS) is 11.4. The summed E-state index contributed by atoms with van der Waals surface area (Å²) in [6.45, 7) is 6.58. The zero-order valence-corrected chi connectivity index (χ0v) is 16.9. The minimum absolute atomic E-state index is 0.00891. The van der Waals surface area contributed by atoms with E-state index in [2.05, 4.69) is 10.6 Å². The van der Waals surface area contributed by atoms with Gasteiger partial charge in [0.05, 0.1) is 13.7 Å². The largest absolute Gasteiger partial charge is 0.493 e. The first-order chi connectivity index (χ1) is 13.5. The van der Waals surface area contributed by atoms with Crippen LogP contribution < -0.4 is 20.1 Å². The molecule has 0 aliphatic rings. The molecule has 0 saturated heterocycles. The van der Waals surface area contributed by atoms with Gasteiger partial charge in [-0.15, -0.1) is 0 Å². The summed E-state index contributed by atoms with van der Waals surface area (Å²) in [7, 11) is 1.56. The molecule has 0 heterocycles. The molecule has 0 saturated carbocycles. The van der Waals surface area contributed by atoms with Gasteiger partial charge < -0.3 is 20.1 Å². The van der Waals surface area contributed by atoms with Crippen molar-refractivity contribution < 1.29 is 19.1 Å². The number of ether oxygens (including phenoxy) is 2. The fraction of sp³-hybridized carbons (Fsp3) is 0.364. The first-order valence-corrected chi connectivity index (χ1v) is 9.47. The smallest absolute Gasteiger partial charge is 0.251 e. The summed E-state index contributed by atoms with van der Waals surface area (Å²) in [6.07, 6.45) is 0.785. The van der Waals surface area contributed by atoms with Crippen molar-refractivity contribution >= 4 is 17.5 Å². The van der Waals surface area contributed by atoms with Crippen LogP contribution in [0.25, 0.3) is 0 Å². The Hall–Kier alpha value is -3.02. The summed E-state index contributed by atoms with van der Waals surface area (Å²) in [6, 6.07) is 12.5. The summed E-state index contributed by atoms with van der Waals surface area (Å²) in [5.41, 5.74) is 2.11. The van der Waals surface area contributed by atoms with E-state index in [4.69, 9.17) is 9.47 Å². The molecule has 2 aromatic carbocycles. The molecule has 0 fully saturated rings. The molecule has 6 nitrogen and oxygen atoms in total. The van der Waals surface area contributed by atoms with E-state index in [0.29, 0.717) is 30.2 Å². The van der Waals surface area contributed by atoms with Gasteiger partial charge in [0.1, 0.15) is 0 Å². The van der Waals surface area contributed by atoms with Gasteiger partial charge in [0.25, 0.3) is 5.91 Å². The van der Waals surface area contributed by atoms with Gasteiger partial charge in [-0.2, -0.15) is 0 Å². The highest BCUT2D eigenvalue weighted by Gasteiger charge is 2.12. The van der Waals surface area contributed by atoms with Crippen molar-refractivity contribution in [2.45, 2.75) is 33.7 Å². The third-order valence-electron chi connectivity index (χ3n) is 4.43. The predicted molar refractivity (Wildman–Crippen MR) is 110 cm³/mol. The number of carbonyl (C=O) groups excluding carboxylic acids is 2. The Morgan fingerprint density at radius 3 is 2.54 bits per heavy atom. The van der Waals surface area contributed by atoms with E-state index in [1.54, 1.807) is 25.3 Å². The summed E-state index contributed by atoms with van der Waals surface area (Å²) in [5, 5.41) is 5.79. The molecule has 0 spiro atoms. The molecule has 0 aromatic heterocycles. The topological polar surface area (TPSA) is 76.7 Å². The number of benzene rings is 2. The van der Waals surface area contributed by atoms with E-state index in [0.717, 1.165) is 17.7 Å². The monoisotopic (exact) mass is 384 g/mol. The minimum Gasteiger partial charge on any atom is -0.493 e. The predicted octanol–water partition coefficient (Wildman–Crippen LogP) is 4.01. The number of methoxy groups -OCH3 is 1. The quantitative estimate of drug-likeness (QED) is 0.685. The zero-order valence-electron chi connectivity index (χ0n) is 16.9. The lowest BCUT2D eigenvalue weighted by molar-refractivity contribution is -0.119. The van der Waals surface area contributed by atoms with Crippen molar-refractivity contribution in [3.8, 4) is 11.5 Å². The van der Waals surface area contributed by atoms with E-state index in [-0.39, 0.29) is 17.7 Å². The Morgan fingerprint density at radius 1 is 1.07 bits per heavy atom. The highest BCUT2D eigenvalue weighted by Crippen LogP contribution is 2.28. The lowest BCUT2D eigenvalue weighted by atomic mass is 10.1. The van der Waals surface area contributed by atoms with Crippen molar-refractivity contribution in [3.05, 3.63) is 53.6 Å². The average Bonchev–Trinajstić information content (AvgIpc) is 2.71. The Bertz CT molecular complexity index is 820. The van der Waals surface area contributed by atoms with Crippen LogP contribution in [0.1, 0.15) is 43.1 Å². The standard InChI is InChI=1S/C22H28N2O4/c1-5-15(3)21(25)24-18-9-7-8-16(12-18)14-23-22(26)17-10-11-19(27-4)20(13-17)28-6-2/h7-13,15H,5-6,14H2,1-4H3,(H,23,26)(H,24,25). The number of anilines is 1. The lowest BCUT2D eigenvalue weighted by Gasteiger charge is -2.12. The van der Waals surface area contributed by atoms with Gasteiger partial charge in [-0.05, 0) is 49.2 Å². The Kier molecular flexibility index (Phi) is 7.87. The molecule has 2 rings (SSSR count). The van der Waals surface area contributed by atoms with Crippen molar-refractivity contribution in [3.63, 3.8) is 0 Å². The zero-order chi connectivity index (χ0) is 20.5. The molecule has 0 aliphatic carbocycles. The van der Waals surface area contributed by atoms with Crippen LogP contribution in [-0.4, -0.2) is 25.5 Å². The van der Waals surface area contributed by atoms with Gasteiger partial charge in [0.15, 0.2) is 11.5 Å². The second-order valence-corrected chi connectivity index (χ2v) is 6.48. The number of hydrogen-bond acceptors (Lipinski definition) is 4. The van der Waals surface area contributed by atoms with Gasteiger partial charge in [-0.25, -0.2) is 0 Å². The molecule has 0 bridgehead atoms. The number of hydrogen-bond donors (Lipinski definition) is 2. The van der Waals surface area contributed by atoms with Crippen LogP contribution in [-0.2, 0) is 11.3 Å². The lowest BCUT2D eigenvalue weighted by Crippen LogP contribution is -2.23. The maximum Gasteiger partial charge on any atom is 0.251 e. The fourth-order valence-electron chi connectivity index (χ4n) is 2.58. The van der Waals surface area contributed by atoms with E-state index in [1.165, 1.54) is 0 Å². The van der Waals surface area contributed by atoms with Crippen LogP contribution in [0.4, 0.5) is 5.69 Å². The Labute approximate surface area is 166 Å². The van der Waals surface area contributed by atoms with Crippen molar-refractivity contribution in [1.82, 2.24) is 5.32 Å². The first kappa shape index (κ1) is 21.3. The third kappa shape index (κ3) is 5.74. The molecule has 1 atom stereocenters. The molecule has 2 amide bonds. The first-order valence-electron chi connectivity index (χ1n) is 9.47. The third-order valence-corrected chi connectivity index (χ3v) is 4.43. The number of rotatable bonds is 9. The Balaban J connectivity index is 2.02. The van der Waals surface area contributed by atoms with Crippen LogP contribution in [0.2, 0.25) is 0 Å². The minimum atomic E-state index is -0.211. The molecular weight excluding hydrogens is 356 g/mol. The molecule has 28 heavy (non-hydrogen) atoms. The molecule has 2 aromatic rings. The van der Waals surface area contributed by atoms with Crippen molar-refractivity contribution in [1.29, 1.82) is 0 Å². The van der Waals surface area contributed by atoms with Crippen LogP contribution >= 0.6 is 0 Å². The second kappa shape index (κ2) is 10.3. The van der Waals surface area contributed by atoms with Crippen LogP contribution in [0, 0.1) is 5.92 Å². The number of nitrogens with one attached hydrogen (secondary N) is 2. The van der Waals surface area contributed by atoms with Gasteiger partial charge in [-0.1, -0.05) is 26.0 Å². The van der Waals surface area contributed by atoms with Gasteiger partial charge in [-0.3, -0.25) is 9.59 Å². The van der Waals surface area contributed by atoms with Gasteiger partial charge in [0.2, 0.25) is 5.91 Å². The van der Waals surface area contributed by atoms with E-state index in [9.17, 15) is 9.59 Å². The molecule has 6 heteroatoms. The number of amides is 2. The van der Waals surface area contributed by atoms with Crippen LogP contribution in [0.5, 0.6) is 11.5 Å². The van der Waals surface area contributed by atoms with Crippen LogP contribution in [0.3, 0.4) is 0 Å². The average molecular weight is 384 g/mol. The SMILES string of the molecule is CCOc1cc(C(=O)NCc2cccc(NC(=O)C(C)CC)c2)ccc1OC. The summed E-state index contributed by atoms with van der Waals surface area (Å²) in [5.74, 6) is 0.858. The van der Waals surface area contributed by atoms with E-state index < -0.39 is 0 Å². The van der Waals surface area contributed by atoms with E-state index >= 15 is 0 Å². The molecule has 1 unspecified atom stereocenters. The van der Waals surface area contributed by atoms with Crippen molar-refractivity contribution in [2.75, 3.05) is 19.0 Å². The molecule has 2 N–H and O–H groups in total. The van der Waals surface area contributed by atoms with Crippen molar-refractivity contribution in [2.24, 2.45) is 5.92 Å². The maximum atomic E-state index is 12.5. The van der Waals surface area contributed by atoms with Gasteiger partial charge in [0, 0.05) is 23.7 Å². The highest BCUT2D eigenvalue weighted by molar-refractivity contribution is 5.95. The van der Waals surface area contributed by atoms with Gasteiger partial charge >= 0.3 is 0 Å². The molecular formula is C22H28N2O4. The Morgan fingerprint density at radius 2 is 1.86 bits per heavy atom. The van der Waals surface area contributed by atoms with Crippen LogP contribution in [0.15, 0.2) is 42.5 Å². The molecule has 0 radical (unpaired) electrons. The number of carbonyl (C=O) groups is 2. The maximum absolute atomic E-state index is 12.5. The molecule has 150 valence electrons. The summed E-state index contributed by atoms with van der Waals surface area (Å²) in [4.78, 5) is 24.5. The van der Waals surface area contributed by atoms with E-state index in [1.807, 2.05) is 45.0 Å². The summed E-state index contributed by atoms with van der Waals surface area (Å²) < 4.78 is 10.8. The second-order valence-electron chi connectivity index (χ2n) is 6.48. The fourth-order valence-corrected chi connectivity index (χ4v) is 2.58.